The van der Waals surface area contributed by atoms with Gasteiger partial charge < -0.3 is 24.4 Å². The van der Waals surface area contributed by atoms with Crippen LogP contribution in [0.15, 0.2) is 18.2 Å². The number of amides is 1. The van der Waals surface area contributed by atoms with Crippen molar-refractivity contribution in [2.75, 3.05) is 26.1 Å². The van der Waals surface area contributed by atoms with Crippen molar-refractivity contribution in [1.82, 2.24) is 14.9 Å². The maximum absolute atomic E-state index is 12.4. The number of hydrogen-bond donors (Lipinski definition) is 1. The Morgan fingerprint density at radius 2 is 2.00 bits per heavy atom. The summed E-state index contributed by atoms with van der Waals surface area (Å²) in [5.74, 6) is 2.10. The average Bonchev–Trinajstić information content (AvgIpc) is 2.69. The van der Waals surface area contributed by atoms with Crippen LogP contribution in [0.25, 0.3) is 0 Å². The summed E-state index contributed by atoms with van der Waals surface area (Å²) in [5.41, 5.74) is 2.07. The molecule has 0 radical (unpaired) electrons. The molecule has 0 aliphatic carbocycles. The second kappa shape index (κ2) is 8.95. The SMILES string of the molecule is COc1ccc(CNc2nc(Cl)nc3c2CCN(C(=O)OC(C)(C)C)C3)c(OC)c1. The number of carbonyl (C=O) groups excluding carboxylic acids is 1. The maximum atomic E-state index is 12.4. The van der Waals surface area contributed by atoms with Crippen LogP contribution < -0.4 is 14.8 Å². The van der Waals surface area contributed by atoms with E-state index in [4.69, 9.17) is 25.8 Å². The lowest BCUT2D eigenvalue weighted by Crippen LogP contribution is -2.40. The van der Waals surface area contributed by atoms with Crippen LogP contribution in [0.3, 0.4) is 0 Å². The number of nitrogens with zero attached hydrogens (tertiary/aromatic N) is 3. The normalized spacial score (nSPS) is 13.5. The molecular formula is C21H27ClN4O4. The van der Waals surface area contributed by atoms with Gasteiger partial charge in [-0.05, 0) is 50.9 Å². The van der Waals surface area contributed by atoms with Crippen LogP contribution in [0.5, 0.6) is 11.5 Å². The minimum absolute atomic E-state index is 0.129. The van der Waals surface area contributed by atoms with Gasteiger partial charge in [-0.1, -0.05) is 0 Å². The fourth-order valence-electron chi connectivity index (χ4n) is 3.21. The standard InChI is InChI=1S/C21H27ClN4O4/c1-21(2,3)30-20(27)26-9-8-15-16(12-26)24-19(22)25-18(15)23-11-13-6-7-14(28-4)10-17(13)29-5/h6-7,10H,8-9,11-12H2,1-5H3,(H,23,24,25). The number of carbonyl (C=O) groups is 1. The fraction of sp³-hybridized carbons (Fsp3) is 0.476. The lowest BCUT2D eigenvalue weighted by Gasteiger charge is -2.31. The van der Waals surface area contributed by atoms with Crippen LogP contribution in [-0.2, 0) is 24.2 Å². The van der Waals surface area contributed by atoms with E-state index >= 15 is 0 Å². The first-order valence-electron chi connectivity index (χ1n) is 9.68. The summed E-state index contributed by atoms with van der Waals surface area (Å²) in [6.45, 7) is 6.87. The van der Waals surface area contributed by atoms with Crippen LogP contribution in [-0.4, -0.2) is 47.3 Å². The first-order valence-corrected chi connectivity index (χ1v) is 10.1. The van der Waals surface area contributed by atoms with E-state index in [9.17, 15) is 4.79 Å². The highest BCUT2D eigenvalue weighted by Gasteiger charge is 2.28. The monoisotopic (exact) mass is 434 g/mol. The number of benzene rings is 1. The molecule has 1 aliphatic heterocycles. The van der Waals surface area contributed by atoms with E-state index in [0.29, 0.717) is 37.6 Å². The van der Waals surface area contributed by atoms with Gasteiger partial charge in [-0.3, -0.25) is 0 Å². The molecule has 0 atom stereocenters. The number of fused-ring (bicyclic) bond motifs is 1. The van der Waals surface area contributed by atoms with Gasteiger partial charge in [0.25, 0.3) is 0 Å². The zero-order valence-electron chi connectivity index (χ0n) is 17.9. The highest BCUT2D eigenvalue weighted by atomic mass is 35.5. The summed E-state index contributed by atoms with van der Waals surface area (Å²) in [5, 5.41) is 3.46. The highest BCUT2D eigenvalue weighted by Crippen LogP contribution is 2.29. The highest BCUT2D eigenvalue weighted by molar-refractivity contribution is 6.28. The molecule has 0 fully saturated rings. The summed E-state index contributed by atoms with van der Waals surface area (Å²) < 4.78 is 16.2. The van der Waals surface area contributed by atoms with E-state index in [-0.39, 0.29) is 11.4 Å². The van der Waals surface area contributed by atoms with Crippen molar-refractivity contribution in [3.8, 4) is 11.5 Å². The number of hydrogen-bond acceptors (Lipinski definition) is 7. The lowest BCUT2D eigenvalue weighted by molar-refractivity contribution is 0.0221. The molecule has 2 aromatic rings. The number of aromatic nitrogens is 2. The van der Waals surface area contributed by atoms with Gasteiger partial charge >= 0.3 is 6.09 Å². The lowest BCUT2D eigenvalue weighted by atomic mass is 10.1. The number of halogens is 1. The van der Waals surface area contributed by atoms with Crippen molar-refractivity contribution < 1.29 is 19.0 Å². The smallest absolute Gasteiger partial charge is 0.410 e. The van der Waals surface area contributed by atoms with E-state index < -0.39 is 5.60 Å². The molecule has 1 aliphatic rings. The van der Waals surface area contributed by atoms with Gasteiger partial charge in [0.15, 0.2) is 0 Å². The molecule has 0 bridgehead atoms. The summed E-state index contributed by atoms with van der Waals surface area (Å²) in [4.78, 5) is 22.7. The van der Waals surface area contributed by atoms with Crippen molar-refractivity contribution in [2.24, 2.45) is 0 Å². The van der Waals surface area contributed by atoms with E-state index in [0.717, 1.165) is 22.6 Å². The van der Waals surface area contributed by atoms with Crippen LogP contribution >= 0.6 is 11.6 Å². The van der Waals surface area contributed by atoms with Gasteiger partial charge in [0, 0.05) is 30.3 Å². The Kier molecular flexibility index (Phi) is 6.55. The predicted molar refractivity (Wildman–Crippen MR) is 114 cm³/mol. The van der Waals surface area contributed by atoms with Gasteiger partial charge in [0.2, 0.25) is 5.28 Å². The van der Waals surface area contributed by atoms with Crippen LogP contribution in [0.1, 0.15) is 37.6 Å². The third-order valence-electron chi connectivity index (χ3n) is 4.63. The average molecular weight is 435 g/mol. The van der Waals surface area contributed by atoms with Gasteiger partial charge in [0.05, 0.1) is 26.5 Å². The Balaban J connectivity index is 1.77. The van der Waals surface area contributed by atoms with Crippen LogP contribution in [0.2, 0.25) is 5.28 Å². The van der Waals surface area contributed by atoms with E-state index in [1.165, 1.54) is 0 Å². The van der Waals surface area contributed by atoms with Crippen molar-refractivity contribution >= 4 is 23.5 Å². The first kappa shape index (κ1) is 22.0. The fourth-order valence-corrected chi connectivity index (χ4v) is 3.39. The Morgan fingerprint density at radius 1 is 1.23 bits per heavy atom. The Labute approximate surface area is 181 Å². The molecule has 30 heavy (non-hydrogen) atoms. The van der Waals surface area contributed by atoms with Crippen LogP contribution in [0, 0.1) is 0 Å². The Hall–Kier alpha value is -2.74. The summed E-state index contributed by atoms with van der Waals surface area (Å²) >= 11 is 6.16. The maximum Gasteiger partial charge on any atom is 0.410 e. The minimum Gasteiger partial charge on any atom is -0.497 e. The molecular weight excluding hydrogens is 408 g/mol. The minimum atomic E-state index is -0.551. The molecule has 1 N–H and O–H groups in total. The second-order valence-corrected chi connectivity index (χ2v) is 8.29. The van der Waals surface area contributed by atoms with Crippen molar-refractivity contribution in [1.29, 1.82) is 0 Å². The number of methoxy groups -OCH3 is 2. The summed E-state index contributed by atoms with van der Waals surface area (Å²) in [6, 6.07) is 5.64. The third-order valence-corrected chi connectivity index (χ3v) is 4.80. The Morgan fingerprint density at radius 3 is 2.67 bits per heavy atom. The molecule has 0 saturated carbocycles. The summed E-state index contributed by atoms with van der Waals surface area (Å²) in [7, 11) is 3.23. The number of ether oxygens (including phenoxy) is 3. The van der Waals surface area contributed by atoms with Crippen molar-refractivity contribution in [3.05, 3.63) is 40.3 Å². The molecule has 1 amide bonds. The quantitative estimate of drug-likeness (QED) is 0.710. The molecule has 1 aromatic carbocycles. The Bertz CT molecular complexity index is 930. The van der Waals surface area contributed by atoms with Crippen molar-refractivity contribution in [3.63, 3.8) is 0 Å². The van der Waals surface area contributed by atoms with Crippen LogP contribution in [0.4, 0.5) is 10.6 Å². The molecule has 162 valence electrons. The van der Waals surface area contributed by atoms with E-state index in [1.54, 1.807) is 19.1 Å². The largest absolute Gasteiger partial charge is 0.497 e. The molecule has 3 rings (SSSR count). The molecule has 8 nitrogen and oxygen atoms in total. The van der Waals surface area contributed by atoms with Gasteiger partial charge in [-0.25, -0.2) is 14.8 Å². The second-order valence-electron chi connectivity index (χ2n) is 7.95. The molecule has 0 saturated heterocycles. The third kappa shape index (κ3) is 5.24. The molecule has 0 spiro atoms. The van der Waals surface area contributed by atoms with Crippen molar-refractivity contribution in [2.45, 2.75) is 45.9 Å². The molecule has 1 aromatic heterocycles. The zero-order valence-corrected chi connectivity index (χ0v) is 18.7. The van der Waals surface area contributed by atoms with E-state index in [2.05, 4.69) is 15.3 Å². The first-order chi connectivity index (χ1) is 14.2. The summed E-state index contributed by atoms with van der Waals surface area (Å²) in [6.07, 6.45) is 0.244. The number of nitrogens with one attached hydrogen (secondary N) is 1. The topological polar surface area (TPSA) is 85.8 Å². The molecule has 0 unspecified atom stereocenters. The predicted octanol–water partition coefficient (Wildman–Crippen LogP) is 4.05. The number of anilines is 1. The zero-order chi connectivity index (χ0) is 21.9. The molecule has 9 heteroatoms. The van der Waals surface area contributed by atoms with Gasteiger partial charge in [-0.2, -0.15) is 0 Å². The van der Waals surface area contributed by atoms with Gasteiger partial charge in [-0.15, -0.1) is 0 Å². The van der Waals surface area contributed by atoms with E-state index in [1.807, 2.05) is 39.0 Å². The molecule has 2 heterocycles. The number of rotatable bonds is 5. The van der Waals surface area contributed by atoms with Gasteiger partial charge in [0.1, 0.15) is 22.9 Å².